The lowest BCUT2D eigenvalue weighted by atomic mass is 9.93. The van der Waals surface area contributed by atoms with Crippen molar-refractivity contribution in [3.8, 4) is 0 Å². The summed E-state index contributed by atoms with van der Waals surface area (Å²) >= 11 is 0. The highest BCUT2D eigenvalue weighted by Crippen LogP contribution is 2.34. The molecule has 1 saturated heterocycles. The number of piperidine rings is 1. The van der Waals surface area contributed by atoms with Gasteiger partial charge in [0.2, 0.25) is 0 Å². The number of hydrogen-bond donors (Lipinski definition) is 2. The molecule has 1 aromatic carbocycles. The molecule has 24 heavy (non-hydrogen) atoms. The number of benzene rings is 1. The normalized spacial score (nSPS) is 19.7. The van der Waals surface area contributed by atoms with Crippen LogP contribution < -0.4 is 5.32 Å². The molecule has 1 aromatic rings. The average molecular weight is 344 g/mol. The Balaban J connectivity index is 2.09. The summed E-state index contributed by atoms with van der Waals surface area (Å²) in [6.07, 6.45) is -3.88. The number of carbonyl (C=O) groups is 2. The van der Waals surface area contributed by atoms with Gasteiger partial charge >= 0.3 is 18.0 Å². The van der Waals surface area contributed by atoms with Crippen molar-refractivity contribution in [1.82, 2.24) is 4.90 Å². The van der Waals surface area contributed by atoms with Crippen LogP contribution in [0, 0.1) is 5.92 Å². The summed E-state index contributed by atoms with van der Waals surface area (Å²) in [5, 5.41) is 11.7. The number of halogens is 3. The summed E-state index contributed by atoms with van der Waals surface area (Å²) in [6.45, 7) is 2.17. The van der Waals surface area contributed by atoms with E-state index in [2.05, 4.69) is 0 Å². The molecule has 0 bridgehead atoms. The molecular formula is C16H19F3N2O3. The summed E-state index contributed by atoms with van der Waals surface area (Å²) in [4.78, 5) is 25.5. The van der Waals surface area contributed by atoms with Crippen LogP contribution in [0.5, 0.6) is 0 Å². The van der Waals surface area contributed by atoms with Crippen LogP contribution in [0.25, 0.3) is 0 Å². The fraction of sp³-hybridized carbons (Fsp3) is 0.500. The second-order valence-electron chi connectivity index (χ2n) is 5.89. The zero-order valence-corrected chi connectivity index (χ0v) is 13.1. The molecular weight excluding hydrogens is 325 g/mol. The van der Waals surface area contributed by atoms with Gasteiger partial charge in [0, 0.05) is 19.0 Å². The monoisotopic (exact) mass is 344 g/mol. The van der Waals surface area contributed by atoms with Gasteiger partial charge in [0.25, 0.3) is 0 Å². The molecule has 0 saturated carbocycles. The molecule has 2 atom stereocenters. The molecule has 0 radical (unpaired) electrons. The number of hydrogen-bond acceptors (Lipinski definition) is 3. The molecule has 0 spiro atoms. The van der Waals surface area contributed by atoms with E-state index in [1.54, 1.807) is 6.92 Å². The molecule has 1 fully saturated rings. The smallest absolute Gasteiger partial charge is 0.393 e. The lowest BCUT2D eigenvalue weighted by Gasteiger charge is -2.33. The number of amides is 2. The molecule has 5 nitrogen and oxygen atoms in total. The summed E-state index contributed by atoms with van der Waals surface area (Å²) in [6, 6.07) is 4.49. The minimum absolute atomic E-state index is 0.141. The van der Waals surface area contributed by atoms with E-state index in [9.17, 15) is 27.9 Å². The first-order chi connectivity index (χ1) is 11.2. The van der Waals surface area contributed by atoms with Crippen LogP contribution in [0.4, 0.5) is 18.9 Å². The van der Waals surface area contributed by atoms with Crippen LogP contribution in [0.15, 0.2) is 24.3 Å². The number of anilines is 1. The molecule has 2 unspecified atom stereocenters. The standard InChI is InChI=1S/C16H19F3N2O3/c1-10(22)11-5-4-8-21(9-11)15(24)14(23)20-13-7-3-2-6-12(13)16(17,18)19/h2-3,6-7,10-11,22H,4-5,8-9H2,1H3,(H,20,23). The van der Waals surface area contributed by atoms with Crippen molar-refractivity contribution in [1.29, 1.82) is 0 Å². The zero-order valence-electron chi connectivity index (χ0n) is 13.1. The van der Waals surface area contributed by atoms with E-state index in [4.69, 9.17) is 0 Å². The molecule has 8 heteroatoms. The number of carbonyl (C=O) groups excluding carboxylic acids is 2. The van der Waals surface area contributed by atoms with Gasteiger partial charge < -0.3 is 15.3 Å². The van der Waals surface area contributed by atoms with Gasteiger partial charge in [0.15, 0.2) is 0 Å². The van der Waals surface area contributed by atoms with E-state index >= 15 is 0 Å². The van der Waals surface area contributed by atoms with Crippen molar-refractivity contribution in [3.05, 3.63) is 29.8 Å². The maximum atomic E-state index is 12.9. The van der Waals surface area contributed by atoms with Crippen LogP contribution in [0.1, 0.15) is 25.3 Å². The van der Waals surface area contributed by atoms with E-state index in [1.807, 2.05) is 5.32 Å². The maximum absolute atomic E-state index is 12.9. The topological polar surface area (TPSA) is 69.6 Å². The Morgan fingerprint density at radius 1 is 1.33 bits per heavy atom. The van der Waals surface area contributed by atoms with E-state index in [-0.39, 0.29) is 12.5 Å². The number of para-hydroxylation sites is 1. The van der Waals surface area contributed by atoms with E-state index in [0.717, 1.165) is 18.6 Å². The van der Waals surface area contributed by atoms with Crippen LogP contribution in [-0.2, 0) is 15.8 Å². The zero-order chi connectivity index (χ0) is 17.9. The van der Waals surface area contributed by atoms with E-state index in [0.29, 0.717) is 13.0 Å². The molecule has 1 aliphatic rings. The van der Waals surface area contributed by atoms with Gasteiger partial charge in [-0.1, -0.05) is 12.1 Å². The molecule has 2 amide bonds. The van der Waals surface area contributed by atoms with E-state index in [1.165, 1.54) is 17.0 Å². The highest BCUT2D eigenvalue weighted by Gasteiger charge is 2.35. The minimum atomic E-state index is -4.63. The summed E-state index contributed by atoms with van der Waals surface area (Å²) in [5.41, 5.74) is -1.46. The first kappa shape index (κ1) is 18.3. The van der Waals surface area contributed by atoms with Crippen molar-refractivity contribution in [2.45, 2.75) is 32.0 Å². The van der Waals surface area contributed by atoms with Crippen molar-refractivity contribution in [2.24, 2.45) is 5.92 Å². The molecule has 2 rings (SSSR count). The molecule has 0 aliphatic carbocycles. The molecule has 0 aromatic heterocycles. The van der Waals surface area contributed by atoms with Gasteiger partial charge in [-0.3, -0.25) is 9.59 Å². The van der Waals surface area contributed by atoms with Crippen molar-refractivity contribution in [2.75, 3.05) is 18.4 Å². The number of nitrogens with one attached hydrogen (secondary N) is 1. The third-order valence-electron chi connectivity index (χ3n) is 4.10. The first-order valence-corrected chi connectivity index (χ1v) is 7.64. The van der Waals surface area contributed by atoms with Gasteiger partial charge in [0.1, 0.15) is 0 Å². The van der Waals surface area contributed by atoms with Gasteiger partial charge in [-0.2, -0.15) is 13.2 Å². The van der Waals surface area contributed by atoms with Crippen LogP contribution >= 0.6 is 0 Å². The second kappa shape index (κ2) is 7.21. The highest BCUT2D eigenvalue weighted by molar-refractivity contribution is 6.39. The Morgan fingerprint density at radius 2 is 2.00 bits per heavy atom. The summed E-state index contributed by atoms with van der Waals surface area (Å²) < 4.78 is 38.8. The van der Waals surface area contributed by atoms with Crippen LogP contribution in [-0.4, -0.2) is 41.0 Å². The third-order valence-corrected chi connectivity index (χ3v) is 4.10. The number of nitrogens with zero attached hydrogens (tertiary/aromatic N) is 1. The van der Waals surface area contributed by atoms with Gasteiger partial charge in [0.05, 0.1) is 17.4 Å². The Morgan fingerprint density at radius 3 is 2.62 bits per heavy atom. The lowest BCUT2D eigenvalue weighted by molar-refractivity contribution is -0.145. The first-order valence-electron chi connectivity index (χ1n) is 7.64. The third kappa shape index (κ3) is 4.25. The largest absolute Gasteiger partial charge is 0.418 e. The summed E-state index contributed by atoms with van der Waals surface area (Å²) in [5.74, 6) is -2.15. The fourth-order valence-electron chi connectivity index (χ4n) is 2.75. The fourth-order valence-corrected chi connectivity index (χ4v) is 2.75. The second-order valence-corrected chi connectivity index (χ2v) is 5.89. The number of alkyl halides is 3. The van der Waals surface area contributed by atoms with Gasteiger partial charge in [-0.05, 0) is 31.9 Å². The number of aliphatic hydroxyl groups is 1. The Labute approximate surface area is 137 Å². The Bertz CT molecular complexity index is 617. The van der Waals surface area contributed by atoms with Crippen LogP contribution in [0.2, 0.25) is 0 Å². The van der Waals surface area contributed by atoms with Gasteiger partial charge in [-0.15, -0.1) is 0 Å². The SMILES string of the molecule is CC(O)C1CCCN(C(=O)C(=O)Nc2ccccc2C(F)(F)F)C1. The average Bonchev–Trinajstić information content (AvgIpc) is 2.53. The number of aliphatic hydroxyl groups excluding tert-OH is 1. The number of likely N-dealkylation sites (tertiary alicyclic amines) is 1. The molecule has 132 valence electrons. The molecule has 2 N–H and O–H groups in total. The lowest BCUT2D eigenvalue weighted by Crippen LogP contribution is -2.47. The summed E-state index contributed by atoms with van der Waals surface area (Å²) in [7, 11) is 0. The van der Waals surface area contributed by atoms with Crippen LogP contribution in [0.3, 0.4) is 0 Å². The van der Waals surface area contributed by atoms with Crippen molar-refractivity contribution in [3.63, 3.8) is 0 Å². The quantitative estimate of drug-likeness (QED) is 0.809. The molecule has 1 aliphatic heterocycles. The number of rotatable bonds is 2. The Kier molecular flexibility index (Phi) is 5.48. The maximum Gasteiger partial charge on any atom is 0.418 e. The van der Waals surface area contributed by atoms with Crippen molar-refractivity contribution < 1.29 is 27.9 Å². The highest BCUT2D eigenvalue weighted by atomic mass is 19.4. The predicted octanol–water partition coefficient (Wildman–Crippen LogP) is 2.26. The molecule has 1 heterocycles. The minimum Gasteiger partial charge on any atom is -0.393 e. The predicted molar refractivity (Wildman–Crippen MR) is 81.1 cm³/mol. The van der Waals surface area contributed by atoms with E-state index < -0.39 is 35.3 Å². The Hall–Kier alpha value is -2.09. The van der Waals surface area contributed by atoms with Crippen molar-refractivity contribution >= 4 is 17.5 Å². The van der Waals surface area contributed by atoms with Gasteiger partial charge in [-0.25, -0.2) is 0 Å².